The maximum Gasteiger partial charge on any atom is 0.352 e. The lowest BCUT2D eigenvalue weighted by molar-refractivity contribution is -0.135. The molecule has 0 aliphatic rings. The van der Waals surface area contributed by atoms with E-state index in [2.05, 4.69) is 4.29 Å². The number of carboxylic acid groups (broad SMARTS) is 1. The molecule has 0 aromatic heterocycles. The van der Waals surface area contributed by atoms with Crippen LogP contribution in [0.25, 0.3) is 0 Å². The first kappa shape index (κ1) is 16.0. The average Bonchev–Trinajstić information content (AvgIpc) is 2.32. The van der Waals surface area contributed by atoms with Crippen molar-refractivity contribution in [2.45, 2.75) is 52.4 Å². The number of hydrogen-bond acceptors (Lipinski definition) is 3. The van der Waals surface area contributed by atoms with Crippen molar-refractivity contribution in [3.8, 4) is 0 Å². The zero-order valence-corrected chi connectivity index (χ0v) is 11.0. The molecular weight excluding hydrogens is 244 g/mol. The molecule has 0 radical (unpaired) electrons. The number of halogens is 1. The van der Waals surface area contributed by atoms with Crippen molar-refractivity contribution >= 4 is 23.8 Å². The molecule has 0 aromatic carbocycles. The summed E-state index contributed by atoms with van der Waals surface area (Å²) in [5.74, 6) is -1.81. The van der Waals surface area contributed by atoms with Crippen LogP contribution in [0, 0.1) is 0 Å². The molecule has 0 rings (SSSR count). The van der Waals surface area contributed by atoms with Crippen molar-refractivity contribution in [3.63, 3.8) is 0 Å². The Balaban J connectivity index is 5.07. The van der Waals surface area contributed by atoms with E-state index in [1.54, 1.807) is 0 Å². The van der Waals surface area contributed by atoms with E-state index >= 15 is 0 Å². The van der Waals surface area contributed by atoms with Crippen molar-refractivity contribution in [3.05, 3.63) is 11.1 Å². The molecule has 0 bridgehead atoms. The van der Waals surface area contributed by atoms with Gasteiger partial charge >= 0.3 is 11.9 Å². The minimum Gasteiger partial charge on any atom is -0.478 e. The normalized spacial score (nSPS) is 11.9. The first-order chi connectivity index (χ1) is 8.08. The van der Waals surface area contributed by atoms with Gasteiger partial charge in [-0.25, -0.2) is 9.59 Å². The largest absolute Gasteiger partial charge is 0.478 e. The minimum absolute atomic E-state index is 0.131. The zero-order chi connectivity index (χ0) is 13.3. The van der Waals surface area contributed by atoms with Crippen LogP contribution in [0.2, 0.25) is 0 Å². The molecule has 0 saturated carbocycles. The Morgan fingerprint density at radius 2 is 1.53 bits per heavy atom. The fourth-order valence-corrected chi connectivity index (χ4v) is 1.61. The van der Waals surface area contributed by atoms with Gasteiger partial charge in [-0.3, -0.25) is 0 Å². The number of rotatable bonds is 8. The summed E-state index contributed by atoms with van der Waals surface area (Å²) >= 11 is 5.03. The second kappa shape index (κ2) is 9.05. The molecule has 0 aliphatic carbocycles. The quantitative estimate of drug-likeness (QED) is 0.681. The number of carboxylic acids is 1. The molecule has 0 heterocycles. The summed E-state index contributed by atoms with van der Waals surface area (Å²) in [6, 6.07) is 0. The molecule has 1 N–H and O–H groups in total. The van der Waals surface area contributed by atoms with E-state index in [1.165, 1.54) is 0 Å². The van der Waals surface area contributed by atoms with E-state index in [9.17, 15) is 9.59 Å². The molecule has 17 heavy (non-hydrogen) atoms. The van der Waals surface area contributed by atoms with Gasteiger partial charge in [-0.1, -0.05) is 26.7 Å². The average molecular weight is 263 g/mol. The van der Waals surface area contributed by atoms with E-state index in [1.807, 2.05) is 13.8 Å². The molecule has 5 heteroatoms. The van der Waals surface area contributed by atoms with Crippen LogP contribution in [0.5, 0.6) is 0 Å². The van der Waals surface area contributed by atoms with Gasteiger partial charge in [-0.05, 0) is 25.7 Å². The van der Waals surface area contributed by atoms with Crippen molar-refractivity contribution in [2.75, 3.05) is 0 Å². The summed E-state index contributed by atoms with van der Waals surface area (Å²) in [7, 11) is 0. The van der Waals surface area contributed by atoms with Crippen LogP contribution >= 0.6 is 11.9 Å². The van der Waals surface area contributed by atoms with Crippen molar-refractivity contribution < 1.29 is 19.0 Å². The van der Waals surface area contributed by atoms with Gasteiger partial charge in [-0.2, -0.15) is 0 Å². The van der Waals surface area contributed by atoms with Gasteiger partial charge in [0.15, 0.2) is 0 Å². The molecule has 0 fully saturated rings. The van der Waals surface area contributed by atoms with Gasteiger partial charge in [0.1, 0.15) is 11.9 Å². The summed E-state index contributed by atoms with van der Waals surface area (Å²) < 4.78 is 4.13. The lowest BCUT2D eigenvalue weighted by Crippen LogP contribution is -2.12. The molecule has 0 unspecified atom stereocenters. The number of carbonyl (C=O) groups excluding carboxylic acids is 1. The van der Waals surface area contributed by atoms with Gasteiger partial charge < -0.3 is 9.40 Å². The predicted molar refractivity (Wildman–Crippen MR) is 65.7 cm³/mol. The first-order valence-electron chi connectivity index (χ1n) is 5.86. The first-order valence-corrected chi connectivity index (χ1v) is 6.17. The molecule has 0 aromatic rings. The van der Waals surface area contributed by atoms with E-state index in [0.29, 0.717) is 12.8 Å². The van der Waals surface area contributed by atoms with Gasteiger partial charge in [0.25, 0.3) is 0 Å². The molecule has 0 atom stereocenters. The van der Waals surface area contributed by atoms with Crippen LogP contribution in [0.15, 0.2) is 11.1 Å². The molecule has 0 saturated heterocycles. The number of unbranched alkanes of at least 4 members (excludes halogenated alkanes) is 2. The highest BCUT2D eigenvalue weighted by molar-refractivity contribution is 6.16. The summed E-state index contributed by atoms with van der Waals surface area (Å²) in [6.45, 7) is 3.93. The second-order valence-electron chi connectivity index (χ2n) is 3.83. The van der Waals surface area contributed by atoms with Crippen molar-refractivity contribution in [1.29, 1.82) is 0 Å². The third-order valence-electron chi connectivity index (χ3n) is 2.50. The second-order valence-corrected chi connectivity index (χ2v) is 3.99. The molecule has 0 amide bonds. The standard InChI is InChI=1S/C12H19ClO4/c1-3-5-7-9(11(14)15)10(8-6-4-2)12(16)17-13/h3-8H2,1-2H3,(H,14,15). The summed E-state index contributed by atoms with van der Waals surface area (Å²) in [4.78, 5) is 22.6. The topological polar surface area (TPSA) is 63.6 Å². The van der Waals surface area contributed by atoms with Crippen LogP contribution in [0.1, 0.15) is 52.4 Å². The molecule has 0 spiro atoms. The van der Waals surface area contributed by atoms with E-state index in [-0.39, 0.29) is 11.1 Å². The molecular formula is C12H19ClO4. The smallest absolute Gasteiger partial charge is 0.352 e. The van der Waals surface area contributed by atoms with Gasteiger partial charge in [-0.15, -0.1) is 0 Å². The summed E-state index contributed by atoms with van der Waals surface area (Å²) in [5.41, 5.74) is 0.328. The highest BCUT2D eigenvalue weighted by atomic mass is 35.5. The van der Waals surface area contributed by atoms with Crippen molar-refractivity contribution in [1.82, 2.24) is 0 Å². The lowest BCUT2D eigenvalue weighted by Gasteiger charge is -2.09. The lowest BCUT2D eigenvalue weighted by atomic mass is 9.98. The van der Waals surface area contributed by atoms with Crippen LogP contribution < -0.4 is 0 Å². The summed E-state index contributed by atoms with van der Waals surface area (Å²) in [6.07, 6.45) is 3.98. The van der Waals surface area contributed by atoms with E-state index in [4.69, 9.17) is 17.0 Å². The van der Waals surface area contributed by atoms with Gasteiger partial charge in [0.2, 0.25) is 0 Å². The third kappa shape index (κ3) is 5.73. The highest BCUT2D eigenvalue weighted by Crippen LogP contribution is 2.20. The van der Waals surface area contributed by atoms with Crippen molar-refractivity contribution in [2.24, 2.45) is 0 Å². The predicted octanol–water partition coefficient (Wildman–Crippen LogP) is 3.45. The number of aliphatic carboxylic acids is 1. The third-order valence-corrected chi connectivity index (χ3v) is 2.64. The summed E-state index contributed by atoms with van der Waals surface area (Å²) in [5, 5.41) is 9.11. The maximum atomic E-state index is 11.5. The Labute approximate surface area is 107 Å². The number of carbonyl (C=O) groups is 2. The monoisotopic (exact) mass is 262 g/mol. The highest BCUT2D eigenvalue weighted by Gasteiger charge is 2.20. The number of hydrogen-bond donors (Lipinski definition) is 1. The molecule has 98 valence electrons. The van der Waals surface area contributed by atoms with E-state index in [0.717, 1.165) is 25.7 Å². The zero-order valence-electron chi connectivity index (χ0n) is 10.3. The van der Waals surface area contributed by atoms with Gasteiger partial charge in [0, 0.05) is 11.1 Å². The SMILES string of the molecule is CCCCC(C(=O)O)=C(CCCC)C(=O)OCl. The van der Waals surface area contributed by atoms with Gasteiger partial charge in [0.05, 0.1) is 0 Å². The molecule has 0 aliphatic heterocycles. The molecule has 4 nitrogen and oxygen atoms in total. The Hall–Kier alpha value is -1.03. The Morgan fingerprint density at radius 3 is 1.88 bits per heavy atom. The van der Waals surface area contributed by atoms with E-state index < -0.39 is 11.9 Å². The minimum atomic E-state index is -1.06. The van der Waals surface area contributed by atoms with Crippen LogP contribution in [0.3, 0.4) is 0 Å². The fraction of sp³-hybridized carbons (Fsp3) is 0.667. The Bertz CT molecular complexity index is 297. The van der Waals surface area contributed by atoms with Crippen LogP contribution in [0.4, 0.5) is 0 Å². The van der Waals surface area contributed by atoms with Crippen LogP contribution in [-0.4, -0.2) is 17.0 Å². The fourth-order valence-electron chi connectivity index (χ4n) is 1.52. The Kier molecular flexibility index (Phi) is 8.50. The maximum absolute atomic E-state index is 11.5. The Morgan fingerprint density at radius 1 is 1.06 bits per heavy atom. The van der Waals surface area contributed by atoms with Crippen LogP contribution in [-0.2, 0) is 13.9 Å².